The van der Waals surface area contributed by atoms with Crippen LogP contribution >= 0.6 is 0 Å². The zero-order chi connectivity index (χ0) is 20.4. The van der Waals surface area contributed by atoms with E-state index in [4.69, 9.17) is 4.74 Å². The van der Waals surface area contributed by atoms with Crippen LogP contribution in [0.25, 0.3) is 5.82 Å². The highest BCUT2D eigenvalue weighted by atomic mass is 16.5. The fourth-order valence-electron chi connectivity index (χ4n) is 3.87. The fraction of sp³-hybridized carbons (Fsp3) is 0.348. The van der Waals surface area contributed by atoms with Crippen molar-refractivity contribution in [2.45, 2.75) is 45.4 Å². The van der Waals surface area contributed by atoms with Crippen molar-refractivity contribution in [3.63, 3.8) is 0 Å². The molecule has 0 spiro atoms. The maximum absolute atomic E-state index is 12.7. The Kier molecular flexibility index (Phi) is 5.20. The third kappa shape index (κ3) is 3.93. The molecule has 150 valence electrons. The SMILES string of the molecule is Cc1nccn1-c1ccc(C(=O)OC2CCN(Cc3ccccc3)C2(C)C)cn1. The maximum atomic E-state index is 12.7. The van der Waals surface area contributed by atoms with Gasteiger partial charge in [-0.2, -0.15) is 0 Å². The summed E-state index contributed by atoms with van der Waals surface area (Å²) < 4.78 is 7.77. The van der Waals surface area contributed by atoms with Gasteiger partial charge in [-0.3, -0.25) is 9.47 Å². The van der Waals surface area contributed by atoms with E-state index in [1.165, 1.54) is 5.56 Å². The number of carbonyl (C=O) groups is 1. The molecule has 1 aliphatic heterocycles. The Hall–Kier alpha value is -2.99. The average Bonchev–Trinajstić information content (AvgIpc) is 3.27. The third-order valence-corrected chi connectivity index (χ3v) is 5.79. The first-order valence-electron chi connectivity index (χ1n) is 9.91. The molecule has 1 unspecified atom stereocenters. The van der Waals surface area contributed by atoms with E-state index in [1.54, 1.807) is 18.5 Å². The number of rotatable bonds is 5. The van der Waals surface area contributed by atoms with Gasteiger partial charge in [0.25, 0.3) is 0 Å². The topological polar surface area (TPSA) is 60.3 Å². The standard InChI is InChI=1S/C23H26N4O2/c1-17-24-12-14-27(17)21-10-9-19(15-25-21)22(28)29-20-11-13-26(23(20,2)3)16-18-7-5-4-6-8-18/h4-10,12,14-15,20H,11,13,16H2,1-3H3. The second kappa shape index (κ2) is 7.79. The van der Waals surface area contributed by atoms with Gasteiger partial charge in [0.15, 0.2) is 0 Å². The molecule has 0 saturated carbocycles. The molecule has 1 atom stereocenters. The van der Waals surface area contributed by atoms with Crippen LogP contribution < -0.4 is 0 Å². The number of esters is 1. The minimum Gasteiger partial charge on any atom is -0.457 e. The number of carbonyl (C=O) groups excluding carboxylic acids is 1. The Morgan fingerprint density at radius 2 is 1.97 bits per heavy atom. The monoisotopic (exact) mass is 390 g/mol. The highest BCUT2D eigenvalue weighted by molar-refractivity contribution is 5.89. The van der Waals surface area contributed by atoms with E-state index in [0.29, 0.717) is 5.56 Å². The van der Waals surface area contributed by atoms with E-state index in [9.17, 15) is 4.79 Å². The van der Waals surface area contributed by atoms with Crippen molar-refractivity contribution in [1.82, 2.24) is 19.4 Å². The maximum Gasteiger partial charge on any atom is 0.340 e. The number of hydrogen-bond acceptors (Lipinski definition) is 5. The van der Waals surface area contributed by atoms with Crippen LogP contribution in [0.1, 0.15) is 42.0 Å². The largest absolute Gasteiger partial charge is 0.457 e. The summed E-state index contributed by atoms with van der Waals surface area (Å²) in [6.45, 7) is 7.95. The van der Waals surface area contributed by atoms with E-state index >= 15 is 0 Å². The smallest absolute Gasteiger partial charge is 0.340 e. The molecular weight excluding hydrogens is 364 g/mol. The van der Waals surface area contributed by atoms with Gasteiger partial charge in [0.1, 0.15) is 17.7 Å². The molecule has 1 aliphatic rings. The number of nitrogens with zero attached hydrogens (tertiary/aromatic N) is 4. The van der Waals surface area contributed by atoms with Crippen LogP contribution in [0.4, 0.5) is 0 Å². The van der Waals surface area contributed by atoms with Crippen LogP contribution in [-0.2, 0) is 11.3 Å². The number of hydrogen-bond donors (Lipinski definition) is 0. The van der Waals surface area contributed by atoms with E-state index < -0.39 is 0 Å². The van der Waals surface area contributed by atoms with Crippen molar-refractivity contribution >= 4 is 5.97 Å². The summed E-state index contributed by atoms with van der Waals surface area (Å²) in [5, 5.41) is 0. The number of ether oxygens (including phenoxy) is 1. The number of aryl methyl sites for hydroxylation is 1. The molecule has 1 aromatic carbocycles. The summed E-state index contributed by atoms with van der Waals surface area (Å²) in [7, 11) is 0. The Morgan fingerprint density at radius 3 is 2.62 bits per heavy atom. The lowest BCUT2D eigenvalue weighted by Gasteiger charge is -2.35. The number of pyridine rings is 1. The summed E-state index contributed by atoms with van der Waals surface area (Å²) in [6.07, 6.45) is 5.81. The van der Waals surface area contributed by atoms with Gasteiger partial charge in [0, 0.05) is 31.7 Å². The molecule has 6 heteroatoms. The van der Waals surface area contributed by atoms with Crippen molar-refractivity contribution in [2.75, 3.05) is 6.54 Å². The van der Waals surface area contributed by atoms with E-state index in [1.807, 2.05) is 29.8 Å². The van der Waals surface area contributed by atoms with Gasteiger partial charge >= 0.3 is 5.97 Å². The van der Waals surface area contributed by atoms with Crippen LogP contribution in [0.5, 0.6) is 0 Å². The first kappa shape index (κ1) is 19.3. The molecule has 1 saturated heterocycles. The van der Waals surface area contributed by atoms with Crippen molar-refractivity contribution in [3.05, 3.63) is 78.0 Å². The molecule has 0 bridgehead atoms. The molecule has 0 aliphatic carbocycles. The van der Waals surface area contributed by atoms with Crippen molar-refractivity contribution < 1.29 is 9.53 Å². The molecule has 0 radical (unpaired) electrons. The summed E-state index contributed by atoms with van der Waals surface area (Å²) >= 11 is 0. The van der Waals surface area contributed by atoms with Crippen molar-refractivity contribution in [3.8, 4) is 5.82 Å². The molecule has 1 fully saturated rings. The second-order valence-corrected chi connectivity index (χ2v) is 7.99. The zero-order valence-corrected chi connectivity index (χ0v) is 17.1. The predicted octanol–water partition coefficient (Wildman–Crippen LogP) is 3.79. The van der Waals surface area contributed by atoms with Crippen LogP contribution in [0.15, 0.2) is 61.1 Å². The first-order valence-corrected chi connectivity index (χ1v) is 9.91. The minimum absolute atomic E-state index is 0.158. The molecular formula is C23H26N4O2. The van der Waals surface area contributed by atoms with Crippen LogP contribution in [-0.4, -0.2) is 43.6 Å². The molecule has 3 aromatic rings. The normalized spacial score (nSPS) is 18.7. The highest BCUT2D eigenvalue weighted by Crippen LogP contribution is 2.33. The van der Waals surface area contributed by atoms with Crippen LogP contribution in [0, 0.1) is 6.92 Å². The van der Waals surface area contributed by atoms with Gasteiger partial charge in [-0.15, -0.1) is 0 Å². The lowest BCUT2D eigenvalue weighted by Crippen LogP contribution is -2.46. The summed E-state index contributed by atoms with van der Waals surface area (Å²) in [6, 6.07) is 14.0. The van der Waals surface area contributed by atoms with Gasteiger partial charge in [0.2, 0.25) is 0 Å². The zero-order valence-electron chi connectivity index (χ0n) is 17.1. The highest BCUT2D eigenvalue weighted by Gasteiger charge is 2.43. The third-order valence-electron chi connectivity index (χ3n) is 5.79. The number of imidazole rings is 1. The lowest BCUT2D eigenvalue weighted by atomic mass is 9.98. The van der Waals surface area contributed by atoms with Gasteiger partial charge in [-0.1, -0.05) is 30.3 Å². The second-order valence-electron chi connectivity index (χ2n) is 7.99. The predicted molar refractivity (Wildman–Crippen MR) is 111 cm³/mol. The molecule has 4 rings (SSSR count). The van der Waals surface area contributed by atoms with Gasteiger partial charge in [0.05, 0.1) is 11.1 Å². The van der Waals surface area contributed by atoms with E-state index in [2.05, 4.69) is 53.0 Å². The number of aromatic nitrogens is 3. The molecule has 0 N–H and O–H groups in total. The van der Waals surface area contributed by atoms with E-state index in [-0.39, 0.29) is 17.6 Å². The molecule has 29 heavy (non-hydrogen) atoms. The summed E-state index contributed by atoms with van der Waals surface area (Å²) in [5.41, 5.74) is 1.50. The molecule has 2 aromatic heterocycles. The first-order chi connectivity index (χ1) is 13.9. The van der Waals surface area contributed by atoms with Crippen LogP contribution in [0.3, 0.4) is 0 Å². The Labute approximate surface area is 171 Å². The van der Waals surface area contributed by atoms with Gasteiger partial charge in [-0.05, 0) is 44.9 Å². The van der Waals surface area contributed by atoms with Gasteiger partial charge < -0.3 is 4.74 Å². The Bertz CT molecular complexity index is 980. The summed E-state index contributed by atoms with van der Waals surface area (Å²) in [5.74, 6) is 1.25. The molecule has 3 heterocycles. The molecule has 6 nitrogen and oxygen atoms in total. The van der Waals surface area contributed by atoms with Crippen molar-refractivity contribution in [1.29, 1.82) is 0 Å². The van der Waals surface area contributed by atoms with Gasteiger partial charge in [-0.25, -0.2) is 14.8 Å². The Balaban J connectivity index is 1.42. The average molecular weight is 390 g/mol. The van der Waals surface area contributed by atoms with E-state index in [0.717, 1.165) is 31.2 Å². The lowest BCUT2D eigenvalue weighted by molar-refractivity contribution is -0.00116. The van der Waals surface area contributed by atoms with Crippen LogP contribution in [0.2, 0.25) is 0 Å². The Morgan fingerprint density at radius 1 is 1.17 bits per heavy atom. The molecule has 0 amide bonds. The quantitative estimate of drug-likeness (QED) is 0.621. The summed E-state index contributed by atoms with van der Waals surface area (Å²) in [4.78, 5) is 23.7. The minimum atomic E-state index is -0.328. The number of likely N-dealkylation sites (tertiary alicyclic amines) is 1. The number of benzene rings is 1. The van der Waals surface area contributed by atoms with Crippen molar-refractivity contribution in [2.24, 2.45) is 0 Å². The fourth-order valence-corrected chi connectivity index (χ4v) is 3.87.